The number of rotatable bonds is 9. The highest BCUT2D eigenvalue weighted by Crippen LogP contribution is 2.27. The van der Waals surface area contributed by atoms with Crippen LogP contribution < -0.4 is 16.4 Å². The fourth-order valence-corrected chi connectivity index (χ4v) is 3.96. The largest absolute Gasteiger partial charge is 0.444 e. The van der Waals surface area contributed by atoms with Crippen LogP contribution in [0.2, 0.25) is 0 Å². The number of carbonyl (C=O) groups excluding carboxylic acids is 4. The van der Waals surface area contributed by atoms with Gasteiger partial charge in [0.25, 0.3) is 5.91 Å². The number of carbonyl (C=O) groups is 4. The number of aryl methyl sites for hydroxylation is 3. The van der Waals surface area contributed by atoms with Gasteiger partial charge in [-0.2, -0.15) is 0 Å². The van der Waals surface area contributed by atoms with E-state index in [9.17, 15) is 19.2 Å². The van der Waals surface area contributed by atoms with Crippen molar-refractivity contribution in [1.29, 1.82) is 0 Å². The maximum atomic E-state index is 13.7. The molecule has 0 fully saturated rings. The molecule has 0 spiro atoms. The van der Waals surface area contributed by atoms with Crippen LogP contribution in [0, 0.1) is 20.8 Å². The number of benzene rings is 2. The van der Waals surface area contributed by atoms with Crippen LogP contribution in [0.25, 0.3) is 0 Å². The molecular weight excluding hydrogens is 472 g/mol. The number of nitrogens with two attached hydrogens (primary N) is 1. The quantitative estimate of drug-likeness (QED) is 0.471. The van der Waals surface area contributed by atoms with Crippen LogP contribution >= 0.6 is 0 Å². The molecule has 0 aromatic heterocycles. The molecule has 2 atom stereocenters. The second-order valence-electron chi connectivity index (χ2n) is 10.2. The SMILES string of the molecule is Cc1cccc(C(C(=O)Nc2c(C)cccc2C)N(C)C(=O)C(CCC(N)=O)NC(=O)OC(C)(C)C)c1. The number of nitrogens with one attached hydrogen (secondary N) is 2. The lowest BCUT2D eigenvalue weighted by Gasteiger charge is -2.32. The third kappa shape index (κ3) is 8.63. The molecule has 4 N–H and O–H groups in total. The molecule has 9 nitrogen and oxygen atoms in total. The molecule has 200 valence electrons. The number of ether oxygens (including phenoxy) is 1. The standard InChI is InChI=1S/C28H38N4O5/c1-17-10-8-13-20(16-17)24(25(34)31-23-18(2)11-9-12-19(23)3)32(7)26(35)21(14-15-22(29)33)30-27(36)37-28(4,5)6/h8-13,16,21,24H,14-15H2,1-7H3,(H2,29,33)(H,30,36)(H,31,34). The van der Waals surface area contributed by atoms with E-state index in [2.05, 4.69) is 10.6 Å². The molecule has 0 aliphatic rings. The Morgan fingerprint density at radius 3 is 2.14 bits per heavy atom. The van der Waals surface area contributed by atoms with E-state index in [-0.39, 0.29) is 12.8 Å². The summed E-state index contributed by atoms with van der Waals surface area (Å²) in [7, 11) is 1.49. The van der Waals surface area contributed by atoms with E-state index in [0.29, 0.717) is 11.3 Å². The van der Waals surface area contributed by atoms with E-state index < -0.39 is 41.5 Å². The number of likely N-dealkylation sites (N-methyl/N-ethyl adjacent to an activating group) is 1. The molecule has 9 heteroatoms. The Morgan fingerprint density at radius 2 is 1.59 bits per heavy atom. The van der Waals surface area contributed by atoms with Crippen molar-refractivity contribution in [2.24, 2.45) is 5.73 Å². The Balaban J connectivity index is 2.43. The molecule has 0 saturated carbocycles. The van der Waals surface area contributed by atoms with Crippen LogP contribution in [0.15, 0.2) is 42.5 Å². The van der Waals surface area contributed by atoms with Crippen molar-refractivity contribution >= 4 is 29.5 Å². The Hall–Kier alpha value is -3.88. The number of nitrogens with zero attached hydrogens (tertiary/aromatic N) is 1. The molecule has 0 aliphatic heterocycles. The minimum absolute atomic E-state index is 0.0448. The van der Waals surface area contributed by atoms with Crippen molar-refractivity contribution in [1.82, 2.24) is 10.2 Å². The van der Waals surface area contributed by atoms with Crippen molar-refractivity contribution in [2.45, 2.75) is 72.1 Å². The fourth-order valence-electron chi connectivity index (χ4n) is 3.96. The highest BCUT2D eigenvalue weighted by atomic mass is 16.6. The summed E-state index contributed by atoms with van der Waals surface area (Å²) in [6.45, 7) is 10.8. The average molecular weight is 511 g/mol. The highest BCUT2D eigenvalue weighted by Gasteiger charge is 2.34. The molecule has 2 aromatic rings. The van der Waals surface area contributed by atoms with E-state index in [1.807, 2.05) is 57.2 Å². The topological polar surface area (TPSA) is 131 Å². The zero-order valence-electron chi connectivity index (χ0n) is 22.7. The zero-order valence-corrected chi connectivity index (χ0v) is 22.7. The van der Waals surface area contributed by atoms with Gasteiger partial charge in [-0.25, -0.2) is 4.79 Å². The van der Waals surface area contributed by atoms with Crippen molar-refractivity contribution in [3.05, 3.63) is 64.7 Å². The Morgan fingerprint density at radius 1 is 1.00 bits per heavy atom. The number of primary amides is 1. The molecular formula is C28H38N4O5. The number of hydrogen-bond donors (Lipinski definition) is 3. The van der Waals surface area contributed by atoms with Gasteiger partial charge in [0.05, 0.1) is 0 Å². The predicted molar refractivity (Wildman–Crippen MR) is 143 cm³/mol. The molecule has 0 aliphatic carbocycles. The minimum Gasteiger partial charge on any atom is -0.444 e. The van der Waals surface area contributed by atoms with Gasteiger partial charge in [0.15, 0.2) is 0 Å². The summed E-state index contributed by atoms with van der Waals surface area (Å²) in [5.74, 6) is -1.59. The molecule has 0 saturated heterocycles. The van der Waals surface area contributed by atoms with Gasteiger partial charge >= 0.3 is 6.09 Å². The van der Waals surface area contributed by atoms with E-state index >= 15 is 0 Å². The number of alkyl carbamates (subject to hydrolysis) is 1. The van der Waals surface area contributed by atoms with Crippen molar-refractivity contribution in [2.75, 3.05) is 12.4 Å². The smallest absolute Gasteiger partial charge is 0.408 e. The number of hydrogen-bond acceptors (Lipinski definition) is 5. The first-order chi connectivity index (χ1) is 17.2. The molecule has 0 heterocycles. The maximum Gasteiger partial charge on any atom is 0.408 e. The maximum absolute atomic E-state index is 13.7. The molecule has 2 aromatic carbocycles. The average Bonchev–Trinajstić information content (AvgIpc) is 2.77. The molecule has 2 unspecified atom stereocenters. The first-order valence-electron chi connectivity index (χ1n) is 12.2. The van der Waals surface area contributed by atoms with Crippen LogP contribution in [0.4, 0.5) is 10.5 Å². The van der Waals surface area contributed by atoms with Crippen molar-refractivity contribution in [3.8, 4) is 0 Å². The van der Waals surface area contributed by atoms with Crippen LogP contribution in [0.5, 0.6) is 0 Å². The van der Waals surface area contributed by atoms with E-state index in [4.69, 9.17) is 10.5 Å². The van der Waals surface area contributed by atoms with Crippen molar-refractivity contribution < 1.29 is 23.9 Å². The Bertz CT molecular complexity index is 1140. The third-order valence-corrected chi connectivity index (χ3v) is 5.74. The summed E-state index contributed by atoms with van der Waals surface area (Å²) >= 11 is 0. The monoisotopic (exact) mass is 510 g/mol. The minimum atomic E-state index is -1.13. The van der Waals surface area contributed by atoms with Gasteiger partial charge in [0, 0.05) is 19.2 Å². The van der Waals surface area contributed by atoms with Gasteiger partial charge in [0.2, 0.25) is 11.8 Å². The normalized spacial score (nSPS) is 12.7. The lowest BCUT2D eigenvalue weighted by atomic mass is 10.00. The second kappa shape index (κ2) is 12.4. The highest BCUT2D eigenvalue weighted by molar-refractivity contribution is 5.99. The lowest BCUT2D eigenvalue weighted by Crippen LogP contribution is -2.51. The fraction of sp³-hybridized carbons (Fsp3) is 0.429. The summed E-state index contributed by atoms with van der Waals surface area (Å²) in [6.07, 6.45) is -0.989. The summed E-state index contributed by atoms with van der Waals surface area (Å²) in [5, 5.41) is 5.52. The van der Waals surface area contributed by atoms with Crippen molar-refractivity contribution in [3.63, 3.8) is 0 Å². The summed E-state index contributed by atoms with van der Waals surface area (Å²) < 4.78 is 5.30. The number of para-hydroxylation sites is 1. The first-order valence-corrected chi connectivity index (χ1v) is 12.2. The summed E-state index contributed by atoms with van der Waals surface area (Å²) in [5.41, 5.74) is 8.48. The molecule has 0 bridgehead atoms. The number of anilines is 1. The van der Waals surface area contributed by atoms with Crippen LogP contribution in [-0.2, 0) is 19.1 Å². The third-order valence-electron chi connectivity index (χ3n) is 5.74. The number of amides is 4. The van der Waals surface area contributed by atoms with Gasteiger partial charge in [-0.15, -0.1) is 0 Å². The predicted octanol–water partition coefficient (Wildman–Crippen LogP) is 3.91. The van der Waals surface area contributed by atoms with Gasteiger partial charge in [-0.1, -0.05) is 48.0 Å². The summed E-state index contributed by atoms with van der Waals surface area (Å²) in [4.78, 5) is 52.6. The van der Waals surface area contributed by atoms with Gasteiger partial charge in [-0.05, 0) is 64.7 Å². The van der Waals surface area contributed by atoms with Gasteiger partial charge < -0.3 is 26.0 Å². The lowest BCUT2D eigenvalue weighted by molar-refractivity contribution is -0.139. The van der Waals surface area contributed by atoms with Gasteiger partial charge in [0.1, 0.15) is 17.7 Å². The first kappa shape index (κ1) is 29.4. The van der Waals surface area contributed by atoms with Gasteiger partial charge in [-0.3, -0.25) is 14.4 Å². The van der Waals surface area contributed by atoms with Crippen LogP contribution in [0.3, 0.4) is 0 Å². The van der Waals surface area contributed by atoms with E-state index in [1.165, 1.54) is 11.9 Å². The summed E-state index contributed by atoms with van der Waals surface area (Å²) in [6, 6.07) is 10.9. The zero-order chi connectivity index (χ0) is 27.9. The molecule has 4 amide bonds. The molecule has 0 radical (unpaired) electrons. The molecule has 2 rings (SSSR count). The molecule has 37 heavy (non-hydrogen) atoms. The second-order valence-corrected chi connectivity index (χ2v) is 10.2. The van der Waals surface area contributed by atoms with E-state index in [1.54, 1.807) is 26.8 Å². The Labute approximate surface area is 218 Å². The Kier molecular flexibility index (Phi) is 9.82. The van der Waals surface area contributed by atoms with Crippen LogP contribution in [0.1, 0.15) is 61.9 Å². The van der Waals surface area contributed by atoms with Crippen LogP contribution in [-0.4, -0.2) is 47.4 Å². The van der Waals surface area contributed by atoms with E-state index in [0.717, 1.165) is 16.7 Å².